The molecule has 0 spiro atoms. The maximum atomic E-state index is 12.2. The molecule has 0 aliphatic carbocycles. The number of carbonyl (C=O) groups excluding carboxylic acids is 2. The lowest BCUT2D eigenvalue weighted by atomic mass is 9.99. The molecule has 0 saturated carbocycles. The molecule has 6 nitrogen and oxygen atoms in total. The topological polar surface area (TPSA) is 88.3 Å². The third kappa shape index (κ3) is 1.90. The Balaban J connectivity index is 2.23. The summed E-state index contributed by atoms with van der Waals surface area (Å²) in [5.41, 5.74) is 5.57. The number of hydrogen-bond donors (Lipinski definition) is 2. The summed E-state index contributed by atoms with van der Waals surface area (Å²) in [7, 11) is 0. The summed E-state index contributed by atoms with van der Waals surface area (Å²) in [6, 6.07) is 3.10. The molecule has 3 N–H and O–H groups in total. The number of amides is 3. The van der Waals surface area contributed by atoms with Gasteiger partial charge < -0.3 is 11.1 Å². The molecule has 1 unspecified atom stereocenters. The van der Waals surface area contributed by atoms with Gasteiger partial charge in [-0.2, -0.15) is 0 Å². The number of aromatic nitrogens is 1. The van der Waals surface area contributed by atoms with E-state index in [1.165, 1.54) is 4.90 Å². The highest BCUT2D eigenvalue weighted by atomic mass is 16.2. The molecule has 3 amide bonds. The number of urea groups is 1. The number of hydrogen-bond acceptors (Lipinski definition) is 4. The van der Waals surface area contributed by atoms with Gasteiger partial charge in [0.25, 0.3) is 5.91 Å². The zero-order valence-corrected chi connectivity index (χ0v) is 10.4. The van der Waals surface area contributed by atoms with Crippen molar-refractivity contribution in [2.24, 2.45) is 0 Å². The third-order valence-corrected chi connectivity index (χ3v) is 3.31. The fraction of sp³-hybridized carbons (Fsp3) is 0.417. The first-order chi connectivity index (χ1) is 8.48. The van der Waals surface area contributed by atoms with Gasteiger partial charge in [0, 0.05) is 11.8 Å². The molecule has 1 fully saturated rings. The number of nitrogens with two attached hydrogens (primary N) is 1. The summed E-state index contributed by atoms with van der Waals surface area (Å²) in [5.74, 6) is 0.112. The van der Waals surface area contributed by atoms with Gasteiger partial charge in [0.2, 0.25) is 0 Å². The number of nitrogen functional groups attached to an aromatic ring is 1. The molecule has 1 aliphatic heterocycles. The lowest BCUT2D eigenvalue weighted by Gasteiger charge is -2.19. The number of anilines is 1. The normalized spacial score (nSPS) is 23.3. The Morgan fingerprint density at radius 1 is 1.50 bits per heavy atom. The van der Waals surface area contributed by atoms with Gasteiger partial charge in [-0.15, -0.1) is 0 Å². The minimum Gasteiger partial charge on any atom is -0.383 e. The van der Waals surface area contributed by atoms with E-state index >= 15 is 0 Å². The number of carbonyl (C=O) groups is 2. The van der Waals surface area contributed by atoms with Crippen LogP contribution in [0.4, 0.5) is 10.6 Å². The van der Waals surface area contributed by atoms with Crippen molar-refractivity contribution >= 4 is 17.8 Å². The van der Waals surface area contributed by atoms with Crippen LogP contribution >= 0.6 is 0 Å². The Morgan fingerprint density at radius 3 is 2.78 bits per heavy atom. The lowest BCUT2D eigenvalue weighted by Crippen LogP contribution is -2.43. The van der Waals surface area contributed by atoms with Crippen LogP contribution in [0.2, 0.25) is 0 Å². The summed E-state index contributed by atoms with van der Waals surface area (Å²) >= 11 is 0. The fourth-order valence-corrected chi connectivity index (χ4v) is 1.89. The number of pyridine rings is 1. The molecule has 6 heteroatoms. The lowest BCUT2D eigenvalue weighted by molar-refractivity contribution is -0.131. The van der Waals surface area contributed by atoms with Crippen LogP contribution in [-0.2, 0) is 11.3 Å². The highest BCUT2D eigenvalue weighted by Crippen LogP contribution is 2.23. The smallest absolute Gasteiger partial charge is 0.325 e. The Kier molecular flexibility index (Phi) is 2.94. The second kappa shape index (κ2) is 4.29. The van der Waals surface area contributed by atoms with Crippen molar-refractivity contribution in [3.63, 3.8) is 0 Å². The molecule has 1 atom stereocenters. The quantitative estimate of drug-likeness (QED) is 0.777. The van der Waals surface area contributed by atoms with Gasteiger partial charge in [0.1, 0.15) is 11.4 Å². The van der Waals surface area contributed by atoms with Crippen molar-refractivity contribution in [1.29, 1.82) is 0 Å². The van der Waals surface area contributed by atoms with E-state index in [0.29, 0.717) is 17.8 Å². The van der Waals surface area contributed by atoms with Gasteiger partial charge in [0.15, 0.2) is 0 Å². The molecule has 0 aromatic carbocycles. The monoisotopic (exact) mass is 248 g/mol. The average Bonchev–Trinajstić information content (AvgIpc) is 2.56. The second-order valence-electron chi connectivity index (χ2n) is 4.55. The van der Waals surface area contributed by atoms with Crippen molar-refractivity contribution in [2.45, 2.75) is 32.4 Å². The maximum Gasteiger partial charge on any atom is 0.325 e. The van der Waals surface area contributed by atoms with E-state index in [4.69, 9.17) is 5.73 Å². The van der Waals surface area contributed by atoms with E-state index in [-0.39, 0.29) is 18.5 Å². The molecule has 1 aromatic rings. The highest BCUT2D eigenvalue weighted by Gasteiger charge is 2.46. The van der Waals surface area contributed by atoms with Crippen molar-refractivity contribution in [3.8, 4) is 0 Å². The molecule has 96 valence electrons. The molecule has 1 saturated heterocycles. The maximum absolute atomic E-state index is 12.2. The zero-order valence-electron chi connectivity index (χ0n) is 10.4. The largest absolute Gasteiger partial charge is 0.383 e. The van der Waals surface area contributed by atoms with Crippen molar-refractivity contribution in [2.75, 3.05) is 5.73 Å². The highest BCUT2D eigenvalue weighted by molar-refractivity contribution is 6.06. The molecule has 2 heterocycles. The average molecular weight is 248 g/mol. The number of imide groups is 1. The van der Waals surface area contributed by atoms with Crippen LogP contribution in [0.1, 0.15) is 25.8 Å². The van der Waals surface area contributed by atoms with Gasteiger partial charge in [-0.3, -0.25) is 9.69 Å². The van der Waals surface area contributed by atoms with Crippen molar-refractivity contribution < 1.29 is 9.59 Å². The molecule has 1 aliphatic rings. The summed E-state index contributed by atoms with van der Waals surface area (Å²) in [6.45, 7) is 3.74. The minimum atomic E-state index is -0.811. The van der Waals surface area contributed by atoms with Gasteiger partial charge >= 0.3 is 6.03 Å². The first kappa shape index (κ1) is 12.3. The number of nitrogens with one attached hydrogen (secondary N) is 1. The number of nitrogens with zero attached hydrogens (tertiary/aromatic N) is 2. The van der Waals surface area contributed by atoms with Crippen LogP contribution in [0.25, 0.3) is 0 Å². The van der Waals surface area contributed by atoms with E-state index in [2.05, 4.69) is 10.3 Å². The SMILES string of the molecule is CCC1(C)NC(=O)N(Cc2cccnc2N)C1=O. The first-order valence-electron chi connectivity index (χ1n) is 5.81. The summed E-state index contributed by atoms with van der Waals surface area (Å²) in [6.07, 6.45) is 2.12. The molecule has 18 heavy (non-hydrogen) atoms. The Labute approximate surface area is 105 Å². The molecular formula is C12H16N4O2. The standard InChI is InChI=1S/C12H16N4O2/c1-3-12(2)10(17)16(11(18)15-12)7-8-5-4-6-14-9(8)13/h4-6H,3,7H2,1-2H3,(H2,13,14)(H,15,18). The molecule has 2 rings (SSSR count). The van der Waals surface area contributed by atoms with Crippen LogP contribution in [0, 0.1) is 0 Å². The Morgan fingerprint density at radius 2 is 2.22 bits per heavy atom. The Hall–Kier alpha value is -2.11. The van der Waals surface area contributed by atoms with Gasteiger partial charge in [-0.1, -0.05) is 13.0 Å². The van der Waals surface area contributed by atoms with Crippen LogP contribution in [-0.4, -0.2) is 27.4 Å². The predicted molar refractivity (Wildman–Crippen MR) is 66.4 cm³/mol. The first-order valence-corrected chi connectivity index (χ1v) is 5.81. The van der Waals surface area contributed by atoms with Gasteiger partial charge in [0.05, 0.1) is 6.54 Å². The summed E-state index contributed by atoms with van der Waals surface area (Å²) in [4.78, 5) is 29.1. The van der Waals surface area contributed by atoms with Gasteiger partial charge in [-0.05, 0) is 19.4 Å². The van der Waals surface area contributed by atoms with Gasteiger partial charge in [-0.25, -0.2) is 9.78 Å². The van der Waals surface area contributed by atoms with E-state index in [0.717, 1.165) is 0 Å². The number of rotatable bonds is 3. The third-order valence-electron chi connectivity index (χ3n) is 3.31. The van der Waals surface area contributed by atoms with Crippen LogP contribution in [0.3, 0.4) is 0 Å². The van der Waals surface area contributed by atoms with E-state index < -0.39 is 5.54 Å². The van der Waals surface area contributed by atoms with Crippen molar-refractivity contribution in [1.82, 2.24) is 15.2 Å². The van der Waals surface area contributed by atoms with Crippen LogP contribution in [0.15, 0.2) is 18.3 Å². The Bertz CT molecular complexity index is 503. The molecule has 0 bridgehead atoms. The van der Waals surface area contributed by atoms with Crippen LogP contribution in [0.5, 0.6) is 0 Å². The fourth-order valence-electron chi connectivity index (χ4n) is 1.89. The minimum absolute atomic E-state index is 0.153. The molecule has 1 aromatic heterocycles. The summed E-state index contributed by atoms with van der Waals surface area (Å²) < 4.78 is 0. The second-order valence-corrected chi connectivity index (χ2v) is 4.55. The van der Waals surface area contributed by atoms with E-state index in [1.807, 2.05) is 6.92 Å². The summed E-state index contributed by atoms with van der Waals surface area (Å²) in [5, 5.41) is 2.70. The van der Waals surface area contributed by atoms with E-state index in [9.17, 15) is 9.59 Å². The van der Waals surface area contributed by atoms with E-state index in [1.54, 1.807) is 25.3 Å². The predicted octanol–water partition coefficient (Wildman–Crippen LogP) is 0.884. The van der Waals surface area contributed by atoms with Crippen LogP contribution < -0.4 is 11.1 Å². The molecular weight excluding hydrogens is 232 g/mol. The zero-order chi connectivity index (χ0) is 13.3. The molecule has 0 radical (unpaired) electrons. The van der Waals surface area contributed by atoms with Crippen molar-refractivity contribution in [3.05, 3.63) is 23.9 Å².